The molecule has 544 valence electrons. The van der Waals surface area contributed by atoms with E-state index in [1.54, 1.807) is 0 Å². The van der Waals surface area contributed by atoms with E-state index in [9.17, 15) is 0 Å². The molecule has 6 heterocycles. The van der Waals surface area contributed by atoms with Crippen molar-refractivity contribution in [1.29, 1.82) is 0 Å². The molecule has 1 aliphatic rings. The van der Waals surface area contributed by atoms with Crippen molar-refractivity contribution in [2.24, 2.45) is 0 Å². The van der Waals surface area contributed by atoms with E-state index in [1.165, 1.54) is 0 Å². The fraction of sp³-hybridized carbons (Fsp3) is 0.0606. The first-order chi connectivity index (χ1) is 55.2. The monoisotopic (exact) mass is 1590 g/mol. The van der Waals surface area contributed by atoms with E-state index >= 15 is 0 Å². The van der Waals surface area contributed by atoms with Gasteiger partial charge in [0.2, 0.25) is 0 Å². The van der Waals surface area contributed by atoms with Gasteiger partial charge in [-0.3, -0.25) is 15.0 Å². The van der Waals surface area contributed by atoms with Crippen molar-refractivity contribution in [3.63, 3.8) is 0 Å². The van der Waals surface area contributed by atoms with E-state index in [0.29, 0.717) is 34.9 Å². The van der Waals surface area contributed by atoms with Crippen LogP contribution < -0.4 is 5.46 Å². The third-order valence-corrected chi connectivity index (χ3v) is 20.8. The summed E-state index contributed by atoms with van der Waals surface area (Å²) in [5.41, 5.74) is 22.5. The van der Waals surface area contributed by atoms with Gasteiger partial charge in [0.25, 0.3) is 0 Å². The van der Waals surface area contributed by atoms with Crippen LogP contribution in [-0.2, 0) is 9.31 Å². The van der Waals surface area contributed by atoms with Crippen LogP contribution in [0.3, 0.4) is 0 Å². The van der Waals surface area contributed by atoms with Crippen molar-refractivity contribution in [2.75, 3.05) is 0 Å². The minimum atomic E-state index is -0.402. The van der Waals surface area contributed by atoms with Crippen LogP contribution in [0.2, 0.25) is 0 Å². The van der Waals surface area contributed by atoms with Gasteiger partial charge in [0.15, 0.2) is 34.9 Å². The van der Waals surface area contributed by atoms with E-state index in [4.69, 9.17) is 49.2 Å². The van der Waals surface area contributed by atoms with E-state index in [-0.39, 0.29) is 11.2 Å². The average Bonchev–Trinajstić information content (AvgIpc) is 1.74. The Kier molecular flexibility index (Phi) is 22.1. The molecule has 0 unspecified atom stereocenters. The largest absolute Gasteiger partial charge is 0.494 e. The van der Waals surface area contributed by atoms with Gasteiger partial charge in [0.05, 0.1) is 28.3 Å². The Bertz CT molecular complexity index is 5460. The van der Waals surface area contributed by atoms with Crippen LogP contribution in [0.1, 0.15) is 27.7 Å². The summed E-state index contributed by atoms with van der Waals surface area (Å²) >= 11 is 7.07. The zero-order chi connectivity index (χ0) is 77.1. The van der Waals surface area contributed by atoms with Gasteiger partial charge in [-0.15, -0.1) is 0 Å². The van der Waals surface area contributed by atoms with Crippen molar-refractivity contribution < 1.29 is 9.31 Å². The molecule has 0 spiro atoms. The molecule has 0 aliphatic carbocycles. The highest BCUT2D eigenvalue weighted by Gasteiger charge is 2.52. The normalized spacial score (nSPS) is 12.6. The molecule has 0 saturated carbocycles. The molecule has 18 rings (SSSR count). The fourth-order valence-electron chi connectivity index (χ4n) is 13.4. The lowest BCUT2D eigenvalue weighted by molar-refractivity contribution is 0.00578. The van der Waals surface area contributed by atoms with Gasteiger partial charge in [-0.2, -0.15) is 0 Å². The Morgan fingerprint density at radius 1 is 0.212 bits per heavy atom. The Hall–Kier alpha value is -12.9. The highest BCUT2D eigenvalue weighted by atomic mass is 79.9. The van der Waals surface area contributed by atoms with Crippen LogP contribution in [0.15, 0.2) is 385 Å². The maximum Gasteiger partial charge on any atom is 0.494 e. The third-order valence-electron chi connectivity index (χ3n) is 19.9. The number of rotatable bonds is 15. The van der Waals surface area contributed by atoms with Crippen LogP contribution in [0.5, 0.6) is 0 Å². The topological polar surface area (TPSA) is 134 Å². The first-order valence-corrected chi connectivity index (χ1v) is 38.9. The van der Waals surface area contributed by atoms with Gasteiger partial charge >= 0.3 is 7.12 Å². The lowest BCUT2D eigenvalue weighted by Crippen LogP contribution is -2.41. The highest BCUT2D eigenvalue weighted by Crippen LogP contribution is 2.42. The van der Waals surface area contributed by atoms with E-state index < -0.39 is 7.12 Å². The SMILES string of the molecule is Brc1cc(Br)cc(-c2nc(-c3ccccc3)nc(-c3ccccc3)n2)c1.CC1(C)OB(c2cc(-c3ccccc3)cc(-c3ccccn3)c2)OC1(C)C.c1ccc(-c2cc(-c3cc(-c4cc(-c5ccccc5)cc(-c5ccccn5)c4)cc(-c4nc(-c5ccccc5)nc(-c5ccccc5)n4)c3)cc(-c3ccccn3)c2)cc1. The quantitative estimate of drug-likeness (QED) is 0.0908. The van der Waals surface area contributed by atoms with E-state index in [2.05, 4.69) is 222 Å². The molecule has 11 nitrogen and oxygen atoms in total. The Labute approximate surface area is 675 Å². The summed E-state index contributed by atoms with van der Waals surface area (Å²) in [7, 11) is -0.402. The molecule has 17 aromatic rings. The van der Waals surface area contributed by atoms with Crippen molar-refractivity contribution in [3.8, 4) is 158 Å². The van der Waals surface area contributed by atoms with Crippen molar-refractivity contribution >= 4 is 44.4 Å². The lowest BCUT2D eigenvalue weighted by atomic mass is 9.76. The van der Waals surface area contributed by atoms with Crippen molar-refractivity contribution in [1.82, 2.24) is 44.9 Å². The molecule has 5 aromatic heterocycles. The predicted octanol–water partition coefficient (Wildman–Crippen LogP) is 24.8. The zero-order valence-corrected chi connectivity index (χ0v) is 65.6. The number of benzene rings is 12. The second-order valence-corrected chi connectivity index (χ2v) is 30.1. The summed E-state index contributed by atoms with van der Waals surface area (Å²) < 4.78 is 14.5. The van der Waals surface area contributed by atoms with Crippen LogP contribution in [-0.4, -0.2) is 63.2 Å². The Morgan fingerprint density at radius 3 is 0.708 bits per heavy atom. The molecule has 0 atom stereocenters. The number of aromatic nitrogens is 9. The minimum absolute atomic E-state index is 0.369. The molecule has 0 N–H and O–H groups in total. The maximum absolute atomic E-state index is 6.29. The molecule has 14 heteroatoms. The van der Waals surface area contributed by atoms with Crippen LogP contribution in [0.25, 0.3) is 158 Å². The Morgan fingerprint density at radius 2 is 0.425 bits per heavy atom. The Balaban J connectivity index is 0.000000149. The van der Waals surface area contributed by atoms with Crippen LogP contribution >= 0.6 is 31.9 Å². The molecule has 1 fully saturated rings. The van der Waals surface area contributed by atoms with E-state index in [1.807, 2.05) is 219 Å². The number of pyridine rings is 3. The fourth-order valence-corrected chi connectivity index (χ4v) is 14.7. The van der Waals surface area contributed by atoms with Gasteiger partial charge < -0.3 is 9.31 Å². The van der Waals surface area contributed by atoms with Gasteiger partial charge in [0, 0.05) is 77.6 Å². The molecule has 1 aliphatic heterocycles. The molecule has 12 aromatic carbocycles. The number of hydrogen-bond acceptors (Lipinski definition) is 11. The third kappa shape index (κ3) is 17.6. The summed E-state index contributed by atoms with van der Waals surface area (Å²) in [6.07, 6.45) is 5.51. The summed E-state index contributed by atoms with van der Waals surface area (Å²) in [6, 6.07) is 122. The predicted molar refractivity (Wildman–Crippen MR) is 467 cm³/mol. The van der Waals surface area contributed by atoms with Crippen LogP contribution in [0.4, 0.5) is 0 Å². The molecule has 113 heavy (non-hydrogen) atoms. The molecule has 1 saturated heterocycles. The number of halogens is 2. The summed E-state index contributed by atoms with van der Waals surface area (Å²) in [6.45, 7) is 8.31. The first-order valence-electron chi connectivity index (χ1n) is 37.3. The molecular formula is C99H74BBr2N9O2. The second kappa shape index (κ2) is 33.7. The minimum Gasteiger partial charge on any atom is -0.399 e. The average molecular weight is 1590 g/mol. The van der Waals surface area contributed by atoms with Crippen molar-refractivity contribution in [3.05, 3.63) is 385 Å². The summed E-state index contributed by atoms with van der Waals surface area (Å²) in [5, 5.41) is 0. The molecule has 0 amide bonds. The standard InChI is InChI=1S/C55H37N5.C23H24BNO2.C21H13Br2N3/c1-5-17-38(18-6-1)42-29-44(34-48(32-42)51-25-13-15-27-56-51)46-31-47(45-30-43(39-19-7-2-8-20-39)33-49(35-45)52-26-14-16-28-57-52)37-50(36-46)55-59-53(40-21-9-3-10-22-40)58-54(60-55)41-23-11-4-12-24-41;1-22(2)23(3,4)27-24(26-22)20-15-18(17-10-6-5-7-11-17)14-19(16-20)21-12-8-9-13-25-21;22-17-11-16(12-18(23)13-17)21-25-19(14-7-3-1-4-8-14)24-20(26-21)15-9-5-2-6-10-15/h1-37H;5-16H,1-4H3;1-13H. The molecule has 0 bridgehead atoms. The smallest absolute Gasteiger partial charge is 0.399 e. The van der Waals surface area contributed by atoms with Crippen LogP contribution in [0, 0.1) is 0 Å². The number of hydrogen-bond donors (Lipinski definition) is 0. The summed E-state index contributed by atoms with van der Waals surface area (Å²) in [4.78, 5) is 43.6. The maximum atomic E-state index is 6.29. The molecule has 0 radical (unpaired) electrons. The van der Waals surface area contributed by atoms with Gasteiger partial charge in [-0.1, -0.05) is 275 Å². The number of nitrogens with zero attached hydrogens (tertiary/aromatic N) is 9. The lowest BCUT2D eigenvalue weighted by Gasteiger charge is -2.32. The summed E-state index contributed by atoms with van der Waals surface area (Å²) in [5.74, 6) is 3.76. The first kappa shape index (κ1) is 74.2. The van der Waals surface area contributed by atoms with Gasteiger partial charge in [-0.05, 0) is 204 Å². The van der Waals surface area contributed by atoms with Crippen molar-refractivity contribution in [2.45, 2.75) is 38.9 Å². The zero-order valence-electron chi connectivity index (χ0n) is 62.5. The van der Waals surface area contributed by atoms with Gasteiger partial charge in [0.1, 0.15) is 0 Å². The highest BCUT2D eigenvalue weighted by molar-refractivity contribution is 9.11. The molecular weight excluding hydrogens is 1520 g/mol. The second-order valence-electron chi connectivity index (χ2n) is 28.3. The van der Waals surface area contributed by atoms with Gasteiger partial charge in [-0.25, -0.2) is 29.9 Å². The van der Waals surface area contributed by atoms with E-state index in [0.717, 1.165) is 137 Å².